The number of nitrogens with zero attached hydrogens (tertiary/aromatic N) is 4. The van der Waals surface area contributed by atoms with Crippen LogP contribution in [0, 0.1) is 13.8 Å². The van der Waals surface area contributed by atoms with E-state index in [1.165, 1.54) is 0 Å². The number of amides is 1. The van der Waals surface area contributed by atoms with Gasteiger partial charge in [0, 0.05) is 32.6 Å². The van der Waals surface area contributed by atoms with Crippen molar-refractivity contribution in [3.63, 3.8) is 0 Å². The molecule has 1 amide bonds. The van der Waals surface area contributed by atoms with Crippen LogP contribution in [0.4, 0.5) is 19.0 Å². The molecule has 0 aliphatic carbocycles. The van der Waals surface area contributed by atoms with Crippen LogP contribution in [-0.2, 0) is 11.0 Å². The molecule has 3 rings (SSSR count). The van der Waals surface area contributed by atoms with Crippen LogP contribution in [0.15, 0.2) is 12.1 Å². The highest BCUT2D eigenvalue weighted by molar-refractivity contribution is 5.79. The fourth-order valence-corrected chi connectivity index (χ4v) is 3.37. The predicted octanol–water partition coefficient (Wildman–Crippen LogP) is 4.10. The normalized spacial score (nSPS) is 15.4. The fraction of sp³-hybridized carbons (Fsp3) is 0.550. The Bertz CT molecular complexity index is 874. The van der Waals surface area contributed by atoms with Gasteiger partial charge in [-0.25, -0.2) is 9.97 Å². The van der Waals surface area contributed by atoms with E-state index in [2.05, 4.69) is 9.97 Å². The van der Waals surface area contributed by atoms with E-state index in [-0.39, 0.29) is 17.2 Å². The summed E-state index contributed by atoms with van der Waals surface area (Å²) in [5.41, 5.74) is 1.56. The third kappa shape index (κ3) is 4.20. The van der Waals surface area contributed by atoms with Crippen LogP contribution >= 0.6 is 0 Å². The summed E-state index contributed by atoms with van der Waals surface area (Å²) in [5, 5.41) is 0. The average Bonchev–Trinajstić information content (AvgIpc) is 2.65. The van der Waals surface area contributed by atoms with Crippen molar-refractivity contribution in [3.8, 4) is 0 Å². The zero-order valence-electron chi connectivity index (χ0n) is 16.4. The number of piperazine rings is 1. The number of carbonyl (C=O) groups excluding carboxylic acids is 1. The summed E-state index contributed by atoms with van der Waals surface area (Å²) in [6, 6.07) is 3.41. The number of halogens is 3. The van der Waals surface area contributed by atoms with Gasteiger partial charge in [0.2, 0.25) is 5.91 Å². The Kier molecular flexibility index (Phi) is 5.76. The van der Waals surface area contributed by atoms with Crippen LogP contribution in [0.5, 0.6) is 0 Å². The van der Waals surface area contributed by atoms with E-state index in [0.29, 0.717) is 38.1 Å². The first-order valence-corrected chi connectivity index (χ1v) is 9.59. The average molecular weight is 394 g/mol. The lowest BCUT2D eigenvalue weighted by molar-refractivity contribution is -0.140. The molecule has 0 unspecified atom stereocenters. The number of rotatable bonds is 4. The monoisotopic (exact) mass is 394 g/mol. The molecule has 0 radical (unpaired) electrons. The molecule has 0 N–H and O–H groups in total. The molecule has 0 saturated carbocycles. The van der Waals surface area contributed by atoms with Gasteiger partial charge >= 0.3 is 6.18 Å². The van der Waals surface area contributed by atoms with Gasteiger partial charge in [-0.2, -0.15) is 13.2 Å². The van der Waals surface area contributed by atoms with Crippen LogP contribution in [-0.4, -0.2) is 47.0 Å². The van der Waals surface area contributed by atoms with Crippen LogP contribution in [0.3, 0.4) is 0 Å². The lowest BCUT2D eigenvalue weighted by Gasteiger charge is -2.36. The molecular formula is C20H25F3N4O. The first-order chi connectivity index (χ1) is 13.2. The standard InChI is InChI=1S/C20H25F3N4O/c1-4-5-6-17(28)26-7-9-27(10-8-26)19-18(20(21,22)23)24-15-11-13(2)14(3)12-16(15)25-19/h11-12H,4-10H2,1-3H3. The summed E-state index contributed by atoms with van der Waals surface area (Å²) in [5.74, 6) is -0.0860. The molecule has 1 aromatic carbocycles. The molecule has 1 saturated heterocycles. The van der Waals surface area contributed by atoms with Crippen molar-refractivity contribution in [1.82, 2.24) is 14.9 Å². The molecule has 2 heterocycles. The second kappa shape index (κ2) is 7.93. The third-order valence-electron chi connectivity index (χ3n) is 5.21. The van der Waals surface area contributed by atoms with Crippen LogP contribution in [0.1, 0.15) is 43.0 Å². The van der Waals surface area contributed by atoms with Gasteiger partial charge in [-0.05, 0) is 43.5 Å². The van der Waals surface area contributed by atoms with Crippen molar-refractivity contribution in [1.29, 1.82) is 0 Å². The van der Waals surface area contributed by atoms with Gasteiger partial charge in [0.25, 0.3) is 0 Å². The molecule has 28 heavy (non-hydrogen) atoms. The number of benzene rings is 1. The zero-order chi connectivity index (χ0) is 20.5. The molecule has 1 aliphatic rings. The topological polar surface area (TPSA) is 49.3 Å². The summed E-state index contributed by atoms with van der Waals surface area (Å²) in [4.78, 5) is 23.7. The number of hydrogen-bond donors (Lipinski definition) is 0. The number of carbonyl (C=O) groups is 1. The van der Waals surface area contributed by atoms with Gasteiger partial charge in [0.1, 0.15) is 0 Å². The van der Waals surface area contributed by atoms with Gasteiger partial charge in [0.15, 0.2) is 11.5 Å². The highest BCUT2D eigenvalue weighted by Gasteiger charge is 2.39. The molecule has 152 valence electrons. The second-order valence-corrected chi connectivity index (χ2v) is 7.29. The van der Waals surface area contributed by atoms with Crippen molar-refractivity contribution < 1.29 is 18.0 Å². The van der Waals surface area contributed by atoms with Gasteiger partial charge in [-0.3, -0.25) is 4.79 Å². The predicted molar refractivity (Wildman–Crippen MR) is 102 cm³/mol. The van der Waals surface area contributed by atoms with E-state index in [1.54, 1.807) is 21.9 Å². The fourth-order valence-electron chi connectivity index (χ4n) is 3.37. The molecular weight excluding hydrogens is 369 g/mol. The van der Waals surface area contributed by atoms with E-state index < -0.39 is 11.9 Å². The minimum absolute atomic E-state index is 0.0632. The van der Waals surface area contributed by atoms with Crippen molar-refractivity contribution in [2.24, 2.45) is 0 Å². The van der Waals surface area contributed by atoms with Gasteiger partial charge in [-0.1, -0.05) is 13.3 Å². The van der Waals surface area contributed by atoms with Gasteiger partial charge in [-0.15, -0.1) is 0 Å². The summed E-state index contributed by atoms with van der Waals surface area (Å²) in [6.45, 7) is 7.17. The lowest BCUT2D eigenvalue weighted by Crippen LogP contribution is -2.49. The van der Waals surface area contributed by atoms with Gasteiger partial charge < -0.3 is 9.80 Å². The van der Waals surface area contributed by atoms with Crippen LogP contribution < -0.4 is 4.90 Å². The van der Waals surface area contributed by atoms with Crippen molar-refractivity contribution >= 4 is 22.8 Å². The minimum Gasteiger partial charge on any atom is -0.351 e. The lowest BCUT2D eigenvalue weighted by atomic mass is 10.1. The molecule has 1 aromatic heterocycles. The number of fused-ring (bicyclic) bond motifs is 1. The largest absolute Gasteiger partial charge is 0.437 e. The highest BCUT2D eigenvalue weighted by Crippen LogP contribution is 2.36. The molecule has 0 bridgehead atoms. The smallest absolute Gasteiger partial charge is 0.351 e. The number of alkyl halides is 3. The molecule has 0 atom stereocenters. The maximum atomic E-state index is 13.7. The molecule has 0 spiro atoms. The maximum Gasteiger partial charge on any atom is 0.437 e. The first-order valence-electron chi connectivity index (χ1n) is 9.59. The quantitative estimate of drug-likeness (QED) is 0.783. The van der Waals surface area contributed by atoms with Crippen molar-refractivity contribution in [3.05, 3.63) is 29.0 Å². The van der Waals surface area contributed by atoms with Gasteiger partial charge in [0.05, 0.1) is 11.0 Å². The number of hydrogen-bond acceptors (Lipinski definition) is 4. The molecule has 1 fully saturated rings. The first kappa shape index (κ1) is 20.4. The van der Waals surface area contributed by atoms with E-state index in [0.717, 1.165) is 24.0 Å². The van der Waals surface area contributed by atoms with E-state index in [4.69, 9.17) is 0 Å². The van der Waals surface area contributed by atoms with Crippen LogP contribution in [0.2, 0.25) is 0 Å². The van der Waals surface area contributed by atoms with Crippen molar-refractivity contribution in [2.45, 2.75) is 46.2 Å². The summed E-state index contributed by atoms with van der Waals surface area (Å²) in [6.07, 6.45) is -2.35. The number of aryl methyl sites for hydroxylation is 2. The Morgan fingerprint density at radius 1 is 1.04 bits per heavy atom. The third-order valence-corrected chi connectivity index (χ3v) is 5.21. The van der Waals surface area contributed by atoms with E-state index in [1.807, 2.05) is 20.8 Å². The molecule has 5 nitrogen and oxygen atoms in total. The maximum absolute atomic E-state index is 13.7. The SMILES string of the molecule is CCCCC(=O)N1CCN(c2nc3cc(C)c(C)cc3nc2C(F)(F)F)CC1. The second-order valence-electron chi connectivity index (χ2n) is 7.29. The number of aromatic nitrogens is 2. The molecule has 8 heteroatoms. The van der Waals surface area contributed by atoms with E-state index >= 15 is 0 Å². The summed E-state index contributed by atoms with van der Waals surface area (Å²) < 4.78 is 41.0. The van der Waals surface area contributed by atoms with Crippen LogP contribution in [0.25, 0.3) is 11.0 Å². The molecule has 1 aliphatic heterocycles. The Morgan fingerprint density at radius 2 is 1.61 bits per heavy atom. The number of unbranched alkanes of at least 4 members (excludes halogenated alkanes) is 1. The zero-order valence-corrected chi connectivity index (χ0v) is 16.4. The Morgan fingerprint density at radius 3 is 2.14 bits per heavy atom. The Hall–Kier alpha value is -2.38. The Labute approximate surface area is 162 Å². The Balaban J connectivity index is 1.90. The van der Waals surface area contributed by atoms with Crippen molar-refractivity contribution in [2.75, 3.05) is 31.1 Å². The van der Waals surface area contributed by atoms with E-state index in [9.17, 15) is 18.0 Å². The minimum atomic E-state index is -4.59. The highest BCUT2D eigenvalue weighted by atomic mass is 19.4. The number of anilines is 1. The summed E-state index contributed by atoms with van der Waals surface area (Å²) >= 11 is 0. The molecule has 2 aromatic rings. The summed E-state index contributed by atoms with van der Waals surface area (Å²) in [7, 11) is 0.